The highest BCUT2D eigenvalue weighted by atomic mass is 35.5. The number of aromatic nitrogens is 9. The second-order valence-electron chi connectivity index (χ2n) is 16.5. The molecule has 7 aromatic rings. The van der Waals surface area contributed by atoms with Crippen molar-refractivity contribution < 1.29 is 83.0 Å². The van der Waals surface area contributed by atoms with Crippen molar-refractivity contribution in [2.24, 2.45) is 0 Å². The van der Waals surface area contributed by atoms with E-state index in [9.17, 15) is 35.8 Å². The Bertz CT molecular complexity index is 3170. The average molecular weight is 1150 g/mol. The highest BCUT2D eigenvalue weighted by Gasteiger charge is 2.30. The first-order valence-corrected chi connectivity index (χ1v) is 24.8. The van der Waals surface area contributed by atoms with Gasteiger partial charge in [-0.05, 0) is 65.0 Å². The van der Waals surface area contributed by atoms with Gasteiger partial charge in [-0.1, -0.05) is 57.6 Å². The van der Waals surface area contributed by atoms with Crippen molar-refractivity contribution in [2.75, 3.05) is 23.4 Å². The van der Waals surface area contributed by atoms with Crippen molar-refractivity contribution in [3.8, 4) is 46.9 Å². The summed E-state index contributed by atoms with van der Waals surface area (Å²) in [5.41, 5.74) is 5.23. The second kappa shape index (κ2) is 30.2. The largest absolute Gasteiger partial charge is 1.00 e. The Morgan fingerprint density at radius 2 is 1.25 bits per heavy atom. The summed E-state index contributed by atoms with van der Waals surface area (Å²) >= 11 is 4.86. The Morgan fingerprint density at radius 3 is 1.68 bits per heavy atom. The Kier molecular flexibility index (Phi) is 24.9. The molecule has 406 valence electrons. The molecule has 0 bridgehead atoms. The fourth-order valence-electron chi connectivity index (χ4n) is 5.76. The predicted molar refractivity (Wildman–Crippen MR) is 264 cm³/mol. The number of nitrogens with zero attached hydrogens (tertiary/aromatic N) is 7. The number of piperidine rings is 1. The van der Waals surface area contributed by atoms with E-state index in [0.29, 0.717) is 22.9 Å². The Labute approximate surface area is 455 Å². The number of hydrogen-bond donors (Lipinski definition) is 2. The molecule has 16 nitrogen and oxygen atoms in total. The number of benzene rings is 1. The molecule has 1 atom stereocenters. The molecule has 1 aliphatic rings. The number of carboxylic acid groups (broad SMARTS) is 2. The zero-order valence-corrected chi connectivity index (χ0v) is 44.8. The minimum Gasteiger partial charge on any atom is -1.00 e. The van der Waals surface area contributed by atoms with Gasteiger partial charge >= 0.3 is 18.3 Å². The smallest absolute Gasteiger partial charge is 0.430 e. The standard InChI is InChI=1S/C16H10FN3S.C16H18N4OS.C14H16N4S.2C2HF3O2.ClH/c1-11-20-13(10-21-11)7-6-12-8-18-16(19-9-12)14-4-2-3-5-15(14)17;1-12-19-14(11-22-12)6-5-13-8-17-16(18-9-13)20-7-3-2-4-15(20)10-21;1-10-17-12(9-19-10)6-5-11-7-15-13(16-8-11)18-14(2,3)4;2*3-2(4,5)1(6)7;/h2-5,8-10H,1H3;8-9,11,15,21H,2-4,7,10H2,1H3;7-9H,1-4H3,(H,15,16,18);2*(H,6,7);1H. The molecule has 0 spiro atoms. The van der Waals surface area contributed by atoms with E-state index in [1.165, 1.54) is 12.5 Å². The van der Waals surface area contributed by atoms with Gasteiger partial charge in [0, 0.05) is 61.4 Å². The molecule has 0 amide bonds. The van der Waals surface area contributed by atoms with Gasteiger partial charge in [0.15, 0.2) is 5.82 Å². The quantitative estimate of drug-likeness (QED) is 0.190. The Balaban J connectivity index is 0.000000269. The number of halogens is 8. The predicted octanol–water partition coefficient (Wildman–Crippen LogP) is 2.15. The van der Waals surface area contributed by atoms with E-state index in [-0.39, 0.29) is 36.4 Å². The van der Waals surface area contributed by atoms with Crippen molar-refractivity contribution in [2.45, 2.75) is 84.7 Å². The zero-order valence-electron chi connectivity index (χ0n) is 41.6. The number of thiazole rings is 3. The summed E-state index contributed by atoms with van der Waals surface area (Å²) in [6, 6.07) is 6.59. The van der Waals surface area contributed by atoms with Gasteiger partial charge in [0.25, 0.3) is 11.4 Å². The normalized spacial score (nSPS) is 12.5. The number of aliphatic hydroxyl groups is 1. The van der Waals surface area contributed by atoms with Gasteiger partial charge in [-0.25, -0.2) is 34.3 Å². The Hall–Kier alpha value is -7.67. The van der Waals surface area contributed by atoms with Crippen LogP contribution in [0, 0.1) is 62.1 Å². The number of aromatic amines is 3. The van der Waals surface area contributed by atoms with E-state index in [4.69, 9.17) is 19.8 Å². The molecule has 7 heterocycles. The molecule has 1 saturated heterocycles. The van der Waals surface area contributed by atoms with Crippen LogP contribution in [0.5, 0.6) is 0 Å². The minimum atomic E-state index is -5.19. The molecule has 1 unspecified atom stereocenters. The molecule has 6 aromatic heterocycles. The summed E-state index contributed by atoms with van der Waals surface area (Å²) in [7, 11) is 0. The minimum absolute atomic E-state index is 0. The number of aryl methyl sites for hydroxylation is 3. The number of alkyl halides is 6. The lowest BCUT2D eigenvalue weighted by atomic mass is 10.0. The van der Waals surface area contributed by atoms with Crippen molar-refractivity contribution in [3.63, 3.8) is 0 Å². The molecule has 8 rings (SSSR count). The first-order chi connectivity index (χ1) is 35.8. The van der Waals surface area contributed by atoms with E-state index in [0.717, 1.165) is 68.6 Å². The van der Waals surface area contributed by atoms with Gasteiger partial charge in [-0.2, -0.15) is 36.3 Å². The molecule has 1 aromatic carbocycles. The maximum atomic E-state index is 13.6. The maximum Gasteiger partial charge on any atom is 0.430 e. The molecular formula is C50H47ClF7N11O5S3. The van der Waals surface area contributed by atoms with E-state index in [1.54, 1.807) is 83.2 Å². The molecular weight excluding hydrogens is 1100 g/mol. The lowest BCUT2D eigenvalue weighted by molar-refractivity contribution is -0.383. The van der Waals surface area contributed by atoms with Gasteiger partial charge in [0.05, 0.1) is 57.4 Å². The molecule has 0 saturated carbocycles. The van der Waals surface area contributed by atoms with Gasteiger partial charge < -0.3 is 42.6 Å². The third-order valence-corrected chi connectivity index (χ3v) is 11.5. The monoisotopic (exact) mass is 1150 g/mol. The van der Waals surface area contributed by atoms with Crippen LogP contribution in [0.4, 0.5) is 42.6 Å². The van der Waals surface area contributed by atoms with Crippen LogP contribution in [0.15, 0.2) is 77.6 Å². The summed E-state index contributed by atoms with van der Waals surface area (Å²) in [6.07, 6.45) is 3.20. The van der Waals surface area contributed by atoms with Crippen molar-refractivity contribution in [1.82, 2.24) is 29.9 Å². The lowest BCUT2D eigenvalue weighted by Crippen LogP contribution is -3.00. The van der Waals surface area contributed by atoms with Crippen LogP contribution in [0.25, 0.3) is 11.4 Å². The number of carboxylic acids is 2. The molecule has 5 N–H and O–H groups in total. The van der Waals surface area contributed by atoms with E-state index in [2.05, 4.69) is 111 Å². The second-order valence-corrected chi connectivity index (χ2v) is 19.8. The Morgan fingerprint density at radius 1 is 0.740 bits per heavy atom. The van der Waals surface area contributed by atoms with Crippen molar-refractivity contribution in [1.29, 1.82) is 0 Å². The van der Waals surface area contributed by atoms with Crippen LogP contribution in [-0.4, -0.2) is 84.0 Å². The van der Waals surface area contributed by atoms with Crippen molar-refractivity contribution >= 4 is 57.8 Å². The third-order valence-electron chi connectivity index (χ3n) is 9.13. The number of rotatable bonds is 4. The van der Waals surface area contributed by atoms with E-state index >= 15 is 0 Å². The molecule has 27 heteroatoms. The summed E-state index contributed by atoms with van der Waals surface area (Å²) in [4.78, 5) is 54.8. The highest BCUT2D eigenvalue weighted by molar-refractivity contribution is 7.09. The number of carbonyl (C=O) groups excluding carboxylic acids is 2. The maximum absolute atomic E-state index is 13.6. The SMILES string of the molecule is Cc1[nH+]c(C#Cc2cnc(-c3ccccc3F)nc2)cs1.Cc1[nH+]c(C#Cc2cnc(NC(C)(C)C)nc2)cs1.Cc1nc(C#Cc2cnc(N3CCCCC3CO)[nH+]c2)cs1.O=C([O-])C(F)(F)F.O=C([O-])C(F)(F)F.[Cl-]. The first kappa shape index (κ1) is 63.6. The van der Waals surface area contributed by atoms with Gasteiger partial charge in [0.2, 0.25) is 16.0 Å². The summed E-state index contributed by atoms with van der Waals surface area (Å²) in [5, 5.41) is 39.4. The third kappa shape index (κ3) is 23.4. The van der Waals surface area contributed by atoms with E-state index in [1.807, 2.05) is 43.1 Å². The molecule has 0 radical (unpaired) electrons. The van der Waals surface area contributed by atoms with Crippen LogP contribution < -0.4 is 47.8 Å². The van der Waals surface area contributed by atoms with Gasteiger partial charge in [-0.3, -0.25) is 4.90 Å². The fourth-order valence-corrected chi connectivity index (χ4v) is 7.47. The highest BCUT2D eigenvalue weighted by Crippen LogP contribution is 2.21. The van der Waals surface area contributed by atoms with Crippen LogP contribution in [0.2, 0.25) is 0 Å². The molecule has 1 fully saturated rings. The number of nitrogens with one attached hydrogen (secondary N) is 4. The number of aliphatic hydroxyl groups excluding tert-OH is 1. The molecule has 0 aliphatic carbocycles. The first-order valence-electron chi connectivity index (χ1n) is 22.2. The molecule has 1 aliphatic heterocycles. The van der Waals surface area contributed by atoms with Crippen LogP contribution in [-0.2, 0) is 9.59 Å². The molecule has 77 heavy (non-hydrogen) atoms. The number of aliphatic carboxylic acids is 2. The number of carbonyl (C=O) groups is 2. The number of hydrogen-bond acceptors (Lipinski definition) is 16. The van der Waals surface area contributed by atoms with Gasteiger partial charge in [-0.15, -0.1) is 11.3 Å². The topological polar surface area (TPSA) is 236 Å². The lowest BCUT2D eigenvalue weighted by Gasteiger charge is -2.28. The average Bonchev–Trinajstić information content (AvgIpc) is 4.13. The zero-order chi connectivity index (χ0) is 56.1. The van der Waals surface area contributed by atoms with Gasteiger partial charge in [0.1, 0.15) is 35.7 Å². The van der Waals surface area contributed by atoms with Crippen molar-refractivity contribution in [3.05, 3.63) is 132 Å². The number of H-pyrrole nitrogens is 3. The van der Waals surface area contributed by atoms with Crippen LogP contribution in [0.3, 0.4) is 0 Å². The van der Waals surface area contributed by atoms with Crippen LogP contribution >= 0.6 is 34.0 Å². The van der Waals surface area contributed by atoms with E-state index < -0.39 is 24.3 Å². The summed E-state index contributed by atoms with van der Waals surface area (Å²) in [5.74, 6) is 13.6. The summed E-state index contributed by atoms with van der Waals surface area (Å²) in [6.45, 7) is 13.3. The summed E-state index contributed by atoms with van der Waals surface area (Å²) < 4.78 is 76.7. The fraction of sp³-hybridized carbons (Fsp3) is 0.300. The number of anilines is 2. The van der Waals surface area contributed by atoms with Crippen LogP contribution in [0.1, 0.15) is 88.8 Å².